The highest BCUT2D eigenvalue weighted by atomic mass is 14.0. The first kappa shape index (κ1) is 12.8. The van der Waals surface area contributed by atoms with Crippen molar-refractivity contribution >= 4 is 12.7 Å². The summed E-state index contributed by atoms with van der Waals surface area (Å²) in [5, 5.41) is 0. The van der Waals surface area contributed by atoms with E-state index in [0.29, 0.717) is 0 Å². The van der Waals surface area contributed by atoms with E-state index in [9.17, 15) is 0 Å². The van der Waals surface area contributed by atoms with Crippen molar-refractivity contribution in [3.05, 3.63) is 54.0 Å². The van der Waals surface area contributed by atoms with Crippen LogP contribution >= 0.6 is 0 Å². The van der Waals surface area contributed by atoms with Crippen LogP contribution in [-0.4, -0.2) is 7.28 Å². The summed E-state index contributed by atoms with van der Waals surface area (Å²) < 4.78 is 0. The molecule has 0 atom stereocenters. The zero-order valence-corrected chi connectivity index (χ0v) is 10.6. The molecule has 0 heterocycles. The molecule has 84 valence electrons. The van der Waals surface area contributed by atoms with Crippen molar-refractivity contribution < 1.29 is 0 Å². The van der Waals surface area contributed by atoms with Gasteiger partial charge in [0, 0.05) is 0 Å². The molecular formula is C15H21B. The average molecular weight is 212 g/mol. The minimum atomic E-state index is 0.940. The number of benzene rings is 1. The fourth-order valence-corrected chi connectivity index (χ4v) is 1.72. The first-order valence-corrected chi connectivity index (χ1v) is 6.05. The van der Waals surface area contributed by atoms with Gasteiger partial charge in [-0.2, -0.15) is 0 Å². The Bertz CT molecular complexity index is 377. The van der Waals surface area contributed by atoms with Crippen LogP contribution in [0.2, 0.25) is 0 Å². The van der Waals surface area contributed by atoms with Gasteiger partial charge in [0.1, 0.15) is 0 Å². The minimum absolute atomic E-state index is 0.940. The summed E-state index contributed by atoms with van der Waals surface area (Å²) in [5.41, 5.74) is 5.10. The summed E-state index contributed by atoms with van der Waals surface area (Å²) in [6.07, 6.45) is 3.68. The third-order valence-corrected chi connectivity index (χ3v) is 2.93. The Morgan fingerprint density at radius 1 is 1.25 bits per heavy atom. The Kier molecular flexibility index (Phi) is 5.11. The van der Waals surface area contributed by atoms with Gasteiger partial charge in [0.15, 0.2) is 7.28 Å². The highest BCUT2D eigenvalue weighted by Crippen LogP contribution is 2.06. The highest BCUT2D eigenvalue weighted by Gasteiger charge is 2.05. The van der Waals surface area contributed by atoms with Gasteiger partial charge < -0.3 is 0 Å². The summed E-state index contributed by atoms with van der Waals surface area (Å²) >= 11 is 0. The van der Waals surface area contributed by atoms with Gasteiger partial charge in [-0.25, -0.2) is 0 Å². The van der Waals surface area contributed by atoms with E-state index in [4.69, 9.17) is 0 Å². The maximum Gasteiger partial charge on any atom is 0.192 e. The van der Waals surface area contributed by atoms with Gasteiger partial charge >= 0.3 is 0 Å². The number of rotatable bonds is 6. The summed E-state index contributed by atoms with van der Waals surface area (Å²) in [4.78, 5) is 0. The second kappa shape index (κ2) is 6.37. The Balaban J connectivity index is 2.78. The third kappa shape index (κ3) is 3.73. The molecule has 0 nitrogen and oxygen atoms in total. The molecule has 0 spiro atoms. The van der Waals surface area contributed by atoms with E-state index in [1.54, 1.807) is 0 Å². The van der Waals surface area contributed by atoms with Gasteiger partial charge in [-0.1, -0.05) is 66.3 Å². The molecule has 1 aromatic rings. The van der Waals surface area contributed by atoms with Gasteiger partial charge in [0.05, 0.1) is 0 Å². The first-order chi connectivity index (χ1) is 7.65. The largest absolute Gasteiger partial charge is 0.192 e. The van der Waals surface area contributed by atoms with Crippen LogP contribution < -0.4 is 5.46 Å². The average Bonchev–Trinajstić information content (AvgIpc) is 2.27. The van der Waals surface area contributed by atoms with Crippen LogP contribution in [0.25, 0.3) is 0 Å². The fraction of sp³-hybridized carbons (Fsp3) is 0.333. The maximum absolute atomic E-state index is 4.07. The van der Waals surface area contributed by atoms with Gasteiger partial charge in [0.2, 0.25) is 0 Å². The molecule has 0 saturated carbocycles. The predicted molar refractivity (Wildman–Crippen MR) is 75.8 cm³/mol. The molecule has 0 unspecified atom stereocenters. The number of hydrogen-bond acceptors (Lipinski definition) is 0. The van der Waals surface area contributed by atoms with Crippen molar-refractivity contribution in [3.8, 4) is 0 Å². The SMILES string of the molecule is C=C(C)C(=C)Bc1ccccc1CCCC. The lowest BCUT2D eigenvalue weighted by atomic mass is 9.60. The Morgan fingerprint density at radius 2 is 1.94 bits per heavy atom. The van der Waals surface area contributed by atoms with Crippen LogP contribution in [-0.2, 0) is 6.42 Å². The van der Waals surface area contributed by atoms with Crippen LogP contribution in [0.15, 0.2) is 48.5 Å². The normalized spacial score (nSPS) is 9.88. The van der Waals surface area contributed by atoms with Crippen molar-refractivity contribution in [1.82, 2.24) is 0 Å². The van der Waals surface area contributed by atoms with Crippen molar-refractivity contribution in [3.63, 3.8) is 0 Å². The lowest BCUT2D eigenvalue weighted by Gasteiger charge is -2.09. The summed E-state index contributed by atoms with van der Waals surface area (Å²) in [6.45, 7) is 12.3. The van der Waals surface area contributed by atoms with E-state index in [-0.39, 0.29) is 0 Å². The zero-order chi connectivity index (χ0) is 12.0. The molecule has 0 fully saturated rings. The summed E-state index contributed by atoms with van der Waals surface area (Å²) in [6, 6.07) is 8.67. The lowest BCUT2D eigenvalue weighted by molar-refractivity contribution is 0.798. The Hall–Kier alpha value is -1.24. The third-order valence-electron chi connectivity index (χ3n) is 2.93. The molecule has 16 heavy (non-hydrogen) atoms. The van der Waals surface area contributed by atoms with E-state index in [0.717, 1.165) is 18.3 Å². The van der Waals surface area contributed by atoms with E-state index >= 15 is 0 Å². The van der Waals surface area contributed by atoms with Gasteiger partial charge in [-0.05, 0) is 19.8 Å². The number of aryl methyl sites for hydroxylation is 1. The number of hydrogen-bond donors (Lipinski definition) is 0. The van der Waals surface area contributed by atoms with Crippen LogP contribution in [0, 0.1) is 0 Å². The predicted octanol–water partition coefficient (Wildman–Crippen LogP) is 3.18. The smallest absolute Gasteiger partial charge is 0.104 e. The molecule has 0 aliphatic carbocycles. The molecule has 0 N–H and O–H groups in total. The van der Waals surface area contributed by atoms with E-state index in [1.807, 2.05) is 6.92 Å². The fourth-order valence-electron chi connectivity index (χ4n) is 1.72. The topological polar surface area (TPSA) is 0 Å². The van der Waals surface area contributed by atoms with Crippen molar-refractivity contribution in [2.75, 3.05) is 0 Å². The summed E-state index contributed by atoms with van der Waals surface area (Å²) in [7, 11) is 0.940. The van der Waals surface area contributed by atoms with E-state index in [2.05, 4.69) is 44.3 Å². The van der Waals surface area contributed by atoms with Gasteiger partial charge in [-0.15, -0.1) is 6.58 Å². The first-order valence-electron chi connectivity index (χ1n) is 6.05. The molecule has 0 saturated heterocycles. The Labute approximate surface area is 100 Å². The second-order valence-electron chi connectivity index (χ2n) is 4.43. The minimum Gasteiger partial charge on any atom is -0.104 e. The number of allylic oxidation sites excluding steroid dienone is 2. The summed E-state index contributed by atoms with van der Waals surface area (Å²) in [5.74, 6) is 0. The molecule has 0 aliphatic rings. The standard InChI is InChI=1S/C15H21B/c1-5-6-9-14-10-7-8-11-15(14)16-13(4)12(2)3/h7-8,10-11,16H,2,4-6,9H2,1,3H3. The molecule has 1 aromatic carbocycles. The quantitative estimate of drug-likeness (QED) is 0.501. The molecular weight excluding hydrogens is 191 g/mol. The van der Waals surface area contributed by atoms with Crippen molar-refractivity contribution in [2.45, 2.75) is 33.1 Å². The molecule has 0 radical (unpaired) electrons. The zero-order valence-electron chi connectivity index (χ0n) is 10.6. The Morgan fingerprint density at radius 3 is 2.56 bits per heavy atom. The van der Waals surface area contributed by atoms with Gasteiger partial charge in [-0.3, -0.25) is 0 Å². The molecule has 0 bridgehead atoms. The van der Waals surface area contributed by atoms with Crippen molar-refractivity contribution in [2.24, 2.45) is 0 Å². The molecule has 0 aliphatic heterocycles. The molecule has 1 heteroatoms. The molecule has 1 rings (SSSR count). The van der Waals surface area contributed by atoms with Crippen LogP contribution in [0.3, 0.4) is 0 Å². The monoisotopic (exact) mass is 212 g/mol. The molecule has 0 amide bonds. The van der Waals surface area contributed by atoms with Crippen molar-refractivity contribution in [1.29, 1.82) is 0 Å². The maximum atomic E-state index is 4.07. The number of unbranched alkanes of at least 4 members (excludes halogenated alkanes) is 1. The van der Waals surface area contributed by atoms with E-state index in [1.165, 1.54) is 30.3 Å². The van der Waals surface area contributed by atoms with E-state index < -0.39 is 0 Å². The van der Waals surface area contributed by atoms with Crippen LogP contribution in [0.1, 0.15) is 32.3 Å². The lowest BCUT2D eigenvalue weighted by Crippen LogP contribution is -2.21. The van der Waals surface area contributed by atoms with Gasteiger partial charge in [0.25, 0.3) is 0 Å². The molecule has 0 aromatic heterocycles. The van der Waals surface area contributed by atoms with Crippen LogP contribution in [0.5, 0.6) is 0 Å². The van der Waals surface area contributed by atoms with Crippen LogP contribution in [0.4, 0.5) is 0 Å². The highest BCUT2D eigenvalue weighted by molar-refractivity contribution is 6.62. The second-order valence-corrected chi connectivity index (χ2v) is 4.43.